The van der Waals surface area contributed by atoms with Crippen molar-refractivity contribution >= 4 is 0 Å². The van der Waals surface area contributed by atoms with Crippen LogP contribution in [0.25, 0.3) is 0 Å². The van der Waals surface area contributed by atoms with Crippen molar-refractivity contribution in [3.63, 3.8) is 0 Å². The van der Waals surface area contributed by atoms with E-state index in [0.29, 0.717) is 0 Å². The van der Waals surface area contributed by atoms with Crippen LogP contribution in [0.1, 0.15) is 42.2 Å². The standard InChI is InChI=1S/C16H17FN2/c1-11(13-4-2-6-14(17)10-13)19-15-8-7-12-5-3-9-18-16(12)15/h2-6,9-11,15,19H,7-8H2,1H3/t11-,15?/m1/s1. The van der Waals surface area contributed by atoms with Gasteiger partial charge in [-0.3, -0.25) is 4.98 Å². The lowest BCUT2D eigenvalue weighted by Gasteiger charge is -2.20. The van der Waals surface area contributed by atoms with Gasteiger partial charge in [0.2, 0.25) is 0 Å². The minimum atomic E-state index is -0.184. The molecule has 0 fully saturated rings. The van der Waals surface area contributed by atoms with Crippen LogP contribution in [0, 0.1) is 5.82 Å². The predicted octanol–water partition coefficient (Wildman–Crippen LogP) is 3.56. The van der Waals surface area contributed by atoms with Crippen LogP contribution in [-0.4, -0.2) is 4.98 Å². The molecule has 1 aromatic carbocycles. The molecule has 0 radical (unpaired) electrons. The SMILES string of the molecule is C[C@@H](NC1CCc2cccnc21)c1cccc(F)c1. The number of hydrogen-bond donors (Lipinski definition) is 1. The Hall–Kier alpha value is -1.74. The van der Waals surface area contributed by atoms with Crippen LogP contribution in [0.2, 0.25) is 0 Å². The van der Waals surface area contributed by atoms with E-state index in [1.165, 1.54) is 11.6 Å². The Kier molecular flexibility index (Phi) is 3.30. The molecular formula is C16H17FN2. The van der Waals surface area contributed by atoms with Gasteiger partial charge in [0.1, 0.15) is 5.82 Å². The van der Waals surface area contributed by atoms with E-state index in [9.17, 15) is 4.39 Å². The predicted molar refractivity (Wildman–Crippen MR) is 73.2 cm³/mol. The van der Waals surface area contributed by atoms with Crippen LogP contribution < -0.4 is 5.32 Å². The highest BCUT2D eigenvalue weighted by Gasteiger charge is 2.24. The summed E-state index contributed by atoms with van der Waals surface area (Å²) in [5, 5.41) is 3.55. The van der Waals surface area contributed by atoms with Crippen molar-refractivity contribution in [2.45, 2.75) is 31.8 Å². The van der Waals surface area contributed by atoms with E-state index in [2.05, 4.69) is 23.3 Å². The fraction of sp³-hybridized carbons (Fsp3) is 0.312. The van der Waals surface area contributed by atoms with Crippen molar-refractivity contribution in [2.24, 2.45) is 0 Å². The van der Waals surface area contributed by atoms with Crippen molar-refractivity contribution in [1.29, 1.82) is 0 Å². The molecule has 2 aromatic rings. The van der Waals surface area contributed by atoms with Crippen molar-refractivity contribution < 1.29 is 4.39 Å². The number of aryl methyl sites for hydroxylation is 1. The molecule has 0 aliphatic heterocycles. The summed E-state index contributed by atoms with van der Waals surface area (Å²) < 4.78 is 13.2. The molecule has 1 aromatic heterocycles. The fourth-order valence-corrected chi connectivity index (χ4v) is 2.75. The van der Waals surface area contributed by atoms with Gasteiger partial charge in [-0.1, -0.05) is 18.2 Å². The maximum absolute atomic E-state index is 13.2. The molecule has 2 nitrogen and oxygen atoms in total. The third-order valence-corrected chi connectivity index (χ3v) is 3.76. The van der Waals surface area contributed by atoms with E-state index in [4.69, 9.17) is 0 Å². The van der Waals surface area contributed by atoms with Crippen molar-refractivity contribution in [1.82, 2.24) is 10.3 Å². The third-order valence-electron chi connectivity index (χ3n) is 3.76. The molecule has 1 unspecified atom stereocenters. The zero-order valence-electron chi connectivity index (χ0n) is 10.9. The van der Waals surface area contributed by atoms with Crippen LogP contribution in [0.3, 0.4) is 0 Å². The highest BCUT2D eigenvalue weighted by atomic mass is 19.1. The molecule has 3 heteroatoms. The highest BCUT2D eigenvalue weighted by molar-refractivity contribution is 5.29. The van der Waals surface area contributed by atoms with Gasteiger partial charge in [-0.25, -0.2) is 4.39 Å². The molecule has 3 rings (SSSR count). The van der Waals surface area contributed by atoms with E-state index >= 15 is 0 Å². The molecule has 1 aliphatic carbocycles. The van der Waals surface area contributed by atoms with Gasteiger partial charge >= 0.3 is 0 Å². The van der Waals surface area contributed by atoms with Crippen molar-refractivity contribution in [3.05, 3.63) is 65.2 Å². The molecule has 98 valence electrons. The number of nitrogens with zero attached hydrogens (tertiary/aromatic N) is 1. The van der Waals surface area contributed by atoms with E-state index < -0.39 is 0 Å². The van der Waals surface area contributed by atoms with E-state index in [1.54, 1.807) is 12.1 Å². The first-order valence-electron chi connectivity index (χ1n) is 6.69. The Bertz CT molecular complexity index is 582. The van der Waals surface area contributed by atoms with E-state index in [-0.39, 0.29) is 17.9 Å². The van der Waals surface area contributed by atoms with Crippen LogP contribution in [0.15, 0.2) is 42.6 Å². The summed E-state index contributed by atoms with van der Waals surface area (Å²) in [6.45, 7) is 2.07. The van der Waals surface area contributed by atoms with Gasteiger partial charge in [0.15, 0.2) is 0 Å². The molecule has 0 bridgehead atoms. The minimum absolute atomic E-state index is 0.119. The number of benzene rings is 1. The second-order valence-corrected chi connectivity index (χ2v) is 5.08. The third kappa shape index (κ3) is 2.51. The largest absolute Gasteiger partial charge is 0.302 e. The summed E-state index contributed by atoms with van der Waals surface area (Å²) in [6.07, 6.45) is 3.97. The quantitative estimate of drug-likeness (QED) is 0.908. The molecule has 0 spiro atoms. The average molecular weight is 256 g/mol. The monoisotopic (exact) mass is 256 g/mol. The van der Waals surface area contributed by atoms with E-state index in [0.717, 1.165) is 24.1 Å². The highest BCUT2D eigenvalue weighted by Crippen LogP contribution is 2.31. The average Bonchev–Trinajstić information content (AvgIpc) is 2.82. The maximum atomic E-state index is 13.2. The molecule has 1 heterocycles. The van der Waals surface area contributed by atoms with Crippen LogP contribution in [0.5, 0.6) is 0 Å². The van der Waals surface area contributed by atoms with Gasteiger partial charge < -0.3 is 5.32 Å². The van der Waals surface area contributed by atoms with Crippen LogP contribution in [-0.2, 0) is 6.42 Å². The zero-order chi connectivity index (χ0) is 13.2. The number of rotatable bonds is 3. The number of fused-ring (bicyclic) bond motifs is 1. The number of halogens is 1. The lowest BCUT2D eigenvalue weighted by atomic mass is 10.1. The Balaban J connectivity index is 1.76. The normalized spacial score (nSPS) is 19.2. The molecule has 19 heavy (non-hydrogen) atoms. The summed E-state index contributed by atoms with van der Waals surface area (Å²) in [6, 6.07) is 11.3. The molecule has 1 aliphatic rings. The second-order valence-electron chi connectivity index (χ2n) is 5.08. The molecule has 2 atom stereocenters. The Morgan fingerprint density at radius 3 is 3.05 bits per heavy atom. The van der Waals surface area contributed by atoms with Gasteiger partial charge in [-0.15, -0.1) is 0 Å². The summed E-state index contributed by atoms with van der Waals surface area (Å²) in [4.78, 5) is 4.47. The molecular weight excluding hydrogens is 239 g/mol. The van der Waals surface area contributed by atoms with Crippen LogP contribution in [0.4, 0.5) is 4.39 Å². The van der Waals surface area contributed by atoms with Gasteiger partial charge in [0, 0.05) is 12.2 Å². The maximum Gasteiger partial charge on any atom is 0.123 e. The number of nitrogens with one attached hydrogen (secondary N) is 1. The molecule has 0 saturated heterocycles. The van der Waals surface area contributed by atoms with Crippen LogP contribution >= 0.6 is 0 Å². The summed E-state index contributed by atoms with van der Waals surface area (Å²) in [5.41, 5.74) is 3.45. The first-order valence-corrected chi connectivity index (χ1v) is 6.69. The first kappa shape index (κ1) is 12.3. The molecule has 0 amide bonds. The van der Waals surface area contributed by atoms with Crippen molar-refractivity contribution in [2.75, 3.05) is 0 Å². The first-order chi connectivity index (χ1) is 9.24. The fourth-order valence-electron chi connectivity index (χ4n) is 2.75. The van der Waals surface area contributed by atoms with Gasteiger partial charge in [-0.05, 0) is 49.1 Å². The Morgan fingerprint density at radius 2 is 2.21 bits per heavy atom. The summed E-state index contributed by atoms with van der Waals surface area (Å²) >= 11 is 0. The van der Waals surface area contributed by atoms with E-state index in [1.807, 2.05) is 18.3 Å². The minimum Gasteiger partial charge on any atom is -0.302 e. The molecule has 0 saturated carbocycles. The smallest absolute Gasteiger partial charge is 0.123 e. The van der Waals surface area contributed by atoms with Gasteiger partial charge in [0.25, 0.3) is 0 Å². The zero-order valence-corrected chi connectivity index (χ0v) is 10.9. The summed E-state index contributed by atoms with van der Waals surface area (Å²) in [5.74, 6) is -0.184. The van der Waals surface area contributed by atoms with Gasteiger partial charge in [-0.2, -0.15) is 0 Å². The molecule has 1 N–H and O–H groups in total. The van der Waals surface area contributed by atoms with Gasteiger partial charge in [0.05, 0.1) is 11.7 Å². The summed E-state index contributed by atoms with van der Waals surface area (Å²) in [7, 11) is 0. The number of aromatic nitrogens is 1. The lowest BCUT2D eigenvalue weighted by Crippen LogP contribution is -2.23. The Morgan fingerprint density at radius 1 is 1.32 bits per heavy atom. The number of pyridine rings is 1. The second kappa shape index (κ2) is 5.10. The van der Waals surface area contributed by atoms with Crippen molar-refractivity contribution in [3.8, 4) is 0 Å². The Labute approximate surface area is 112 Å². The number of hydrogen-bond acceptors (Lipinski definition) is 2. The lowest BCUT2D eigenvalue weighted by molar-refractivity contribution is 0.457. The topological polar surface area (TPSA) is 24.9 Å².